The van der Waals surface area contributed by atoms with Gasteiger partial charge in [-0.3, -0.25) is 14.2 Å². The Morgan fingerprint density at radius 2 is 1.97 bits per heavy atom. The van der Waals surface area contributed by atoms with E-state index in [1.54, 1.807) is 0 Å². The van der Waals surface area contributed by atoms with Gasteiger partial charge in [0.2, 0.25) is 12.1 Å². The molecule has 0 spiro atoms. The van der Waals surface area contributed by atoms with Crippen molar-refractivity contribution in [2.24, 2.45) is 5.92 Å². The van der Waals surface area contributed by atoms with Gasteiger partial charge in [-0.05, 0) is 18.8 Å². The second-order valence-corrected chi connectivity index (χ2v) is 8.22. The summed E-state index contributed by atoms with van der Waals surface area (Å²) in [6.07, 6.45) is -14.1. The molecule has 186 valence electrons. The number of esters is 2. The summed E-state index contributed by atoms with van der Waals surface area (Å²) in [7, 11) is 0. The summed E-state index contributed by atoms with van der Waals surface area (Å²) >= 11 is 0. The van der Waals surface area contributed by atoms with Crippen molar-refractivity contribution >= 4 is 29.1 Å². The first-order valence-corrected chi connectivity index (χ1v) is 10.3. The van der Waals surface area contributed by atoms with Gasteiger partial charge in [-0.2, -0.15) is 18.2 Å². The Morgan fingerprint density at radius 1 is 1.29 bits per heavy atom. The molecule has 11 nitrogen and oxygen atoms in total. The SMILES string of the molecule is CC(=O)O[C@@H]1[C@@H](F)[C@@H]([C@@H](OC(C)=O)C(F)(F)F)O[C@H]1n1c(=O)n(CC2CC2)c2cnc(N)nc21. The van der Waals surface area contributed by atoms with Gasteiger partial charge in [-0.1, -0.05) is 0 Å². The Balaban J connectivity index is 1.84. The van der Waals surface area contributed by atoms with Crippen molar-refractivity contribution in [3.63, 3.8) is 0 Å². The van der Waals surface area contributed by atoms with Gasteiger partial charge < -0.3 is 19.9 Å². The smallest absolute Gasteiger partial charge is 0.428 e. The molecule has 1 saturated carbocycles. The van der Waals surface area contributed by atoms with Crippen molar-refractivity contribution in [2.45, 2.75) is 70.1 Å². The van der Waals surface area contributed by atoms with Crippen LogP contribution in [0.5, 0.6) is 0 Å². The van der Waals surface area contributed by atoms with E-state index in [1.165, 1.54) is 10.8 Å². The van der Waals surface area contributed by atoms with Crippen LogP contribution in [0.1, 0.15) is 32.9 Å². The van der Waals surface area contributed by atoms with Crippen LogP contribution in [0.25, 0.3) is 11.2 Å². The number of carbonyl (C=O) groups excluding carboxylic acids is 2. The highest BCUT2D eigenvalue weighted by molar-refractivity contribution is 5.72. The summed E-state index contributed by atoms with van der Waals surface area (Å²) < 4.78 is 72.8. The number of imidazole rings is 1. The molecule has 0 amide bonds. The molecular weight excluding hydrogens is 470 g/mol. The average Bonchev–Trinajstić information content (AvgIpc) is 3.44. The molecule has 4 rings (SSSR count). The number of alkyl halides is 4. The molecule has 15 heteroatoms. The molecule has 2 aromatic rings. The number of halogens is 4. The lowest BCUT2D eigenvalue weighted by Gasteiger charge is -2.26. The van der Waals surface area contributed by atoms with Crippen LogP contribution in [-0.4, -0.2) is 61.7 Å². The minimum absolute atomic E-state index is 0.135. The van der Waals surface area contributed by atoms with Gasteiger partial charge in [0.15, 0.2) is 24.2 Å². The second-order valence-electron chi connectivity index (χ2n) is 8.22. The maximum absolute atomic E-state index is 15.3. The third-order valence-corrected chi connectivity index (χ3v) is 5.54. The highest BCUT2D eigenvalue weighted by Crippen LogP contribution is 2.41. The molecule has 0 aromatic carbocycles. The van der Waals surface area contributed by atoms with E-state index in [4.69, 9.17) is 15.2 Å². The molecule has 0 bridgehead atoms. The quantitative estimate of drug-likeness (QED) is 0.467. The number of nitrogens with two attached hydrogens (primary N) is 1. The van der Waals surface area contributed by atoms with E-state index < -0.39 is 54.5 Å². The van der Waals surface area contributed by atoms with Crippen LogP contribution < -0.4 is 11.4 Å². The molecule has 0 radical (unpaired) electrons. The first kappa shape index (κ1) is 23.9. The number of carbonyl (C=O) groups is 2. The minimum Gasteiger partial charge on any atom is -0.454 e. The van der Waals surface area contributed by atoms with Gasteiger partial charge in [-0.15, -0.1) is 0 Å². The highest BCUT2D eigenvalue weighted by Gasteiger charge is 2.60. The third-order valence-electron chi connectivity index (χ3n) is 5.54. The molecule has 1 aliphatic carbocycles. The molecule has 3 heterocycles. The van der Waals surface area contributed by atoms with E-state index in [-0.39, 0.29) is 29.6 Å². The lowest BCUT2D eigenvalue weighted by molar-refractivity contribution is -0.252. The predicted octanol–water partition coefficient (Wildman–Crippen LogP) is 1.25. The Hall–Kier alpha value is -3.23. The monoisotopic (exact) mass is 491 g/mol. The van der Waals surface area contributed by atoms with Gasteiger partial charge in [0.05, 0.1) is 6.20 Å². The Bertz CT molecular complexity index is 1180. The normalized spacial score (nSPS) is 25.9. The molecule has 2 N–H and O–H groups in total. The van der Waals surface area contributed by atoms with Crippen LogP contribution in [0, 0.1) is 5.92 Å². The molecule has 0 unspecified atom stereocenters. The predicted molar refractivity (Wildman–Crippen MR) is 105 cm³/mol. The van der Waals surface area contributed by atoms with E-state index in [9.17, 15) is 27.6 Å². The molecule has 34 heavy (non-hydrogen) atoms. The molecule has 1 saturated heterocycles. The Morgan fingerprint density at radius 3 is 2.53 bits per heavy atom. The molecule has 2 fully saturated rings. The lowest BCUT2D eigenvalue weighted by atomic mass is 10.1. The number of anilines is 1. The average molecular weight is 491 g/mol. The number of aromatic nitrogens is 4. The number of hydrogen-bond donors (Lipinski definition) is 1. The van der Waals surface area contributed by atoms with Crippen LogP contribution in [-0.2, 0) is 30.3 Å². The maximum atomic E-state index is 15.3. The van der Waals surface area contributed by atoms with E-state index in [0.717, 1.165) is 31.3 Å². The largest absolute Gasteiger partial charge is 0.454 e. The lowest BCUT2D eigenvalue weighted by Crippen LogP contribution is -2.47. The number of nitrogen functional groups attached to an aromatic ring is 1. The summed E-state index contributed by atoms with van der Waals surface area (Å²) in [5.41, 5.74) is 4.92. The third kappa shape index (κ3) is 4.43. The topological polar surface area (TPSA) is 141 Å². The zero-order valence-corrected chi connectivity index (χ0v) is 18.0. The summed E-state index contributed by atoms with van der Waals surface area (Å²) in [6.45, 7) is 1.91. The summed E-state index contributed by atoms with van der Waals surface area (Å²) in [5, 5.41) is 0. The van der Waals surface area contributed by atoms with E-state index in [1.807, 2.05) is 0 Å². The van der Waals surface area contributed by atoms with Crippen LogP contribution in [0.15, 0.2) is 11.0 Å². The summed E-state index contributed by atoms with van der Waals surface area (Å²) in [6, 6.07) is 0. The minimum atomic E-state index is -5.21. The van der Waals surface area contributed by atoms with Crippen LogP contribution >= 0.6 is 0 Å². The van der Waals surface area contributed by atoms with Crippen molar-refractivity contribution in [1.82, 2.24) is 19.1 Å². The Kier molecular flexibility index (Phi) is 5.99. The fraction of sp³-hybridized carbons (Fsp3) is 0.632. The van der Waals surface area contributed by atoms with Crippen molar-refractivity contribution in [3.8, 4) is 0 Å². The molecule has 2 aliphatic rings. The molecular formula is C19H21F4N5O6. The zero-order valence-electron chi connectivity index (χ0n) is 18.0. The van der Waals surface area contributed by atoms with Gasteiger partial charge in [-0.25, -0.2) is 18.7 Å². The Labute approximate surface area is 188 Å². The zero-order chi connectivity index (χ0) is 24.9. The van der Waals surface area contributed by atoms with Crippen molar-refractivity contribution in [1.29, 1.82) is 0 Å². The first-order chi connectivity index (χ1) is 15.9. The van der Waals surface area contributed by atoms with Gasteiger partial charge >= 0.3 is 23.8 Å². The van der Waals surface area contributed by atoms with Gasteiger partial charge in [0.1, 0.15) is 11.6 Å². The first-order valence-electron chi connectivity index (χ1n) is 10.3. The van der Waals surface area contributed by atoms with Gasteiger partial charge in [0.25, 0.3) is 0 Å². The van der Waals surface area contributed by atoms with Crippen molar-refractivity contribution in [2.75, 3.05) is 5.73 Å². The number of hydrogen-bond acceptors (Lipinski definition) is 9. The van der Waals surface area contributed by atoms with Crippen LogP contribution in [0.2, 0.25) is 0 Å². The van der Waals surface area contributed by atoms with Crippen LogP contribution in [0.4, 0.5) is 23.5 Å². The van der Waals surface area contributed by atoms with Crippen molar-refractivity contribution in [3.05, 3.63) is 16.7 Å². The molecule has 1 aliphatic heterocycles. The number of rotatable bonds is 6. The highest BCUT2D eigenvalue weighted by atomic mass is 19.4. The standard InChI is InChI=1S/C19H21F4N5O6/c1-7(29)32-13-11(20)12(14(19(21,22)23)33-8(2)30)34-16(13)28-15-10(5-25-17(24)26-15)27(18(28)31)6-9-3-4-9/h5,9,11-14,16H,3-4,6H2,1-2H3,(H2,24,25,26)/t11-,12-,13+,14+,16+/m0/s1. The fourth-order valence-electron chi connectivity index (χ4n) is 3.95. The maximum Gasteiger partial charge on any atom is 0.428 e. The number of fused-ring (bicyclic) bond motifs is 1. The van der Waals surface area contributed by atoms with E-state index in [0.29, 0.717) is 0 Å². The molecule has 5 atom stereocenters. The van der Waals surface area contributed by atoms with Crippen LogP contribution in [0.3, 0.4) is 0 Å². The summed E-state index contributed by atoms with van der Waals surface area (Å²) in [5.74, 6) is -2.41. The second kappa shape index (κ2) is 8.52. The fourth-order valence-corrected chi connectivity index (χ4v) is 3.95. The summed E-state index contributed by atoms with van der Waals surface area (Å²) in [4.78, 5) is 44.1. The van der Waals surface area contributed by atoms with E-state index in [2.05, 4.69) is 14.7 Å². The number of ether oxygens (including phenoxy) is 3. The van der Waals surface area contributed by atoms with E-state index >= 15 is 4.39 Å². The number of nitrogens with zero attached hydrogens (tertiary/aromatic N) is 4. The van der Waals surface area contributed by atoms with Crippen molar-refractivity contribution < 1.29 is 41.4 Å². The van der Waals surface area contributed by atoms with Gasteiger partial charge in [0, 0.05) is 20.4 Å². The molecule has 2 aromatic heterocycles.